The molecule has 1 N–H and O–H groups in total. The first-order valence-electron chi connectivity index (χ1n) is 8.17. The quantitative estimate of drug-likeness (QED) is 0.794. The molecule has 2 rings (SSSR count). The summed E-state index contributed by atoms with van der Waals surface area (Å²) in [4.78, 5) is 4.65. The fourth-order valence-electron chi connectivity index (χ4n) is 3.23. The summed E-state index contributed by atoms with van der Waals surface area (Å²) in [6.07, 6.45) is 8.93. The van der Waals surface area contributed by atoms with E-state index in [1.807, 2.05) is 6.20 Å². The maximum absolute atomic E-state index is 5.90. The van der Waals surface area contributed by atoms with Gasteiger partial charge < -0.3 is 14.6 Å². The van der Waals surface area contributed by atoms with Crippen molar-refractivity contribution in [1.29, 1.82) is 0 Å². The molecule has 20 heavy (non-hydrogen) atoms. The normalized spacial score (nSPS) is 24.1. The van der Waals surface area contributed by atoms with Crippen LogP contribution in [0.1, 0.15) is 58.3 Å². The van der Waals surface area contributed by atoms with Crippen molar-refractivity contribution in [3.05, 3.63) is 18.2 Å². The van der Waals surface area contributed by atoms with Crippen molar-refractivity contribution < 1.29 is 4.74 Å². The Bertz CT molecular complexity index is 391. The van der Waals surface area contributed by atoms with E-state index >= 15 is 0 Å². The van der Waals surface area contributed by atoms with Crippen molar-refractivity contribution in [1.82, 2.24) is 14.9 Å². The second-order valence-corrected chi connectivity index (χ2v) is 5.68. The Morgan fingerprint density at radius 1 is 1.40 bits per heavy atom. The van der Waals surface area contributed by atoms with Gasteiger partial charge in [0.1, 0.15) is 5.82 Å². The highest BCUT2D eigenvalue weighted by Gasteiger charge is 2.36. The summed E-state index contributed by atoms with van der Waals surface area (Å²) in [5.41, 5.74) is 0. The minimum absolute atomic E-state index is 0.323. The maximum atomic E-state index is 5.90. The fourth-order valence-corrected chi connectivity index (χ4v) is 3.23. The average Bonchev–Trinajstić information content (AvgIpc) is 3.09. The predicted molar refractivity (Wildman–Crippen MR) is 81.7 cm³/mol. The SMILES string of the molecule is CCCNC(c1nccn1CCC)C1CCOC1CC. The summed E-state index contributed by atoms with van der Waals surface area (Å²) >= 11 is 0. The molecule has 4 heteroatoms. The minimum atomic E-state index is 0.323. The monoisotopic (exact) mass is 279 g/mol. The first kappa shape index (κ1) is 15.5. The van der Waals surface area contributed by atoms with E-state index in [9.17, 15) is 0 Å². The van der Waals surface area contributed by atoms with Gasteiger partial charge in [-0.3, -0.25) is 0 Å². The van der Waals surface area contributed by atoms with Crippen LogP contribution in [0.25, 0.3) is 0 Å². The molecule has 1 aromatic rings. The second kappa shape index (κ2) is 7.79. The highest BCUT2D eigenvalue weighted by molar-refractivity contribution is 5.04. The first-order chi connectivity index (χ1) is 9.81. The molecular formula is C16H29N3O. The smallest absolute Gasteiger partial charge is 0.126 e. The molecule has 0 amide bonds. The van der Waals surface area contributed by atoms with Gasteiger partial charge in [0.15, 0.2) is 0 Å². The minimum Gasteiger partial charge on any atom is -0.378 e. The van der Waals surface area contributed by atoms with Crippen LogP contribution in [0.5, 0.6) is 0 Å². The lowest BCUT2D eigenvalue weighted by Gasteiger charge is -2.28. The van der Waals surface area contributed by atoms with E-state index in [0.717, 1.165) is 45.4 Å². The molecule has 0 aromatic carbocycles. The van der Waals surface area contributed by atoms with Crippen LogP contribution in [-0.4, -0.2) is 28.8 Å². The van der Waals surface area contributed by atoms with Crippen LogP contribution in [0.4, 0.5) is 0 Å². The predicted octanol–water partition coefficient (Wildman–Crippen LogP) is 3.15. The summed E-state index contributed by atoms with van der Waals surface area (Å²) < 4.78 is 8.20. The van der Waals surface area contributed by atoms with Gasteiger partial charge in [-0.25, -0.2) is 4.98 Å². The first-order valence-corrected chi connectivity index (χ1v) is 8.17. The molecule has 4 nitrogen and oxygen atoms in total. The lowest BCUT2D eigenvalue weighted by molar-refractivity contribution is 0.0760. The van der Waals surface area contributed by atoms with E-state index in [0.29, 0.717) is 18.1 Å². The summed E-state index contributed by atoms with van der Waals surface area (Å²) in [6, 6.07) is 0.323. The van der Waals surface area contributed by atoms with Crippen molar-refractivity contribution in [3.63, 3.8) is 0 Å². The summed E-state index contributed by atoms with van der Waals surface area (Å²) in [6.45, 7) is 9.62. The Morgan fingerprint density at radius 3 is 2.95 bits per heavy atom. The molecule has 1 fully saturated rings. The number of hydrogen-bond acceptors (Lipinski definition) is 3. The Hall–Kier alpha value is -0.870. The van der Waals surface area contributed by atoms with Gasteiger partial charge in [0.2, 0.25) is 0 Å². The average molecular weight is 279 g/mol. The molecule has 1 aromatic heterocycles. The van der Waals surface area contributed by atoms with Gasteiger partial charge in [-0.1, -0.05) is 20.8 Å². The molecule has 0 saturated carbocycles. The topological polar surface area (TPSA) is 39.1 Å². The van der Waals surface area contributed by atoms with Crippen molar-refractivity contribution in [3.8, 4) is 0 Å². The number of ether oxygens (including phenoxy) is 1. The van der Waals surface area contributed by atoms with Gasteiger partial charge in [0.25, 0.3) is 0 Å². The van der Waals surface area contributed by atoms with E-state index in [2.05, 4.69) is 41.8 Å². The number of nitrogens with zero attached hydrogens (tertiary/aromatic N) is 2. The fraction of sp³-hybridized carbons (Fsp3) is 0.812. The van der Waals surface area contributed by atoms with Gasteiger partial charge in [0, 0.05) is 31.5 Å². The molecule has 1 aliphatic heterocycles. The number of aromatic nitrogens is 2. The van der Waals surface area contributed by atoms with Crippen LogP contribution >= 0.6 is 0 Å². The van der Waals surface area contributed by atoms with Crippen LogP contribution in [-0.2, 0) is 11.3 Å². The Kier molecular flexibility index (Phi) is 6.05. The zero-order chi connectivity index (χ0) is 14.4. The highest BCUT2D eigenvalue weighted by Crippen LogP contribution is 2.34. The number of rotatable bonds is 8. The van der Waals surface area contributed by atoms with Crippen LogP contribution in [0.3, 0.4) is 0 Å². The zero-order valence-electron chi connectivity index (χ0n) is 13.1. The van der Waals surface area contributed by atoms with Gasteiger partial charge in [0.05, 0.1) is 12.1 Å². The highest BCUT2D eigenvalue weighted by atomic mass is 16.5. The van der Waals surface area contributed by atoms with Gasteiger partial charge >= 0.3 is 0 Å². The Balaban J connectivity index is 2.19. The molecule has 0 radical (unpaired) electrons. The van der Waals surface area contributed by atoms with Crippen LogP contribution in [0.15, 0.2) is 12.4 Å². The van der Waals surface area contributed by atoms with Crippen LogP contribution < -0.4 is 5.32 Å². The largest absolute Gasteiger partial charge is 0.378 e. The molecule has 114 valence electrons. The molecule has 3 atom stereocenters. The number of imidazole rings is 1. The Labute approximate surface area is 122 Å². The number of aryl methyl sites for hydroxylation is 1. The second-order valence-electron chi connectivity index (χ2n) is 5.68. The van der Waals surface area contributed by atoms with Crippen LogP contribution in [0.2, 0.25) is 0 Å². The van der Waals surface area contributed by atoms with E-state index in [-0.39, 0.29) is 0 Å². The summed E-state index contributed by atoms with van der Waals surface area (Å²) in [5.74, 6) is 1.74. The molecule has 0 bridgehead atoms. The molecular weight excluding hydrogens is 250 g/mol. The van der Waals surface area contributed by atoms with Gasteiger partial charge in [-0.2, -0.15) is 0 Å². The number of nitrogens with one attached hydrogen (secondary N) is 1. The van der Waals surface area contributed by atoms with Crippen LogP contribution in [0, 0.1) is 5.92 Å². The standard InChI is InChI=1S/C16H29N3O/c1-4-8-17-15(13-7-12-20-14(13)6-3)16-18-9-11-19(16)10-5-2/h9,11,13-15,17H,4-8,10,12H2,1-3H3. The number of hydrogen-bond donors (Lipinski definition) is 1. The lowest BCUT2D eigenvalue weighted by Crippen LogP contribution is -2.35. The third-order valence-corrected chi connectivity index (χ3v) is 4.20. The van der Waals surface area contributed by atoms with E-state index in [1.165, 1.54) is 5.82 Å². The van der Waals surface area contributed by atoms with Gasteiger partial charge in [-0.05, 0) is 32.2 Å². The van der Waals surface area contributed by atoms with Crippen molar-refractivity contribution in [2.75, 3.05) is 13.2 Å². The van der Waals surface area contributed by atoms with Crippen molar-refractivity contribution in [2.24, 2.45) is 5.92 Å². The summed E-state index contributed by atoms with van der Waals surface area (Å²) in [5, 5.41) is 3.71. The molecule has 3 unspecified atom stereocenters. The van der Waals surface area contributed by atoms with Crippen molar-refractivity contribution in [2.45, 2.75) is 65.1 Å². The van der Waals surface area contributed by atoms with Gasteiger partial charge in [-0.15, -0.1) is 0 Å². The lowest BCUT2D eigenvalue weighted by atomic mass is 9.90. The molecule has 2 heterocycles. The van der Waals surface area contributed by atoms with E-state index < -0.39 is 0 Å². The molecule has 0 spiro atoms. The summed E-state index contributed by atoms with van der Waals surface area (Å²) in [7, 11) is 0. The third-order valence-electron chi connectivity index (χ3n) is 4.20. The van der Waals surface area contributed by atoms with Crippen molar-refractivity contribution >= 4 is 0 Å². The maximum Gasteiger partial charge on any atom is 0.126 e. The molecule has 1 aliphatic rings. The Morgan fingerprint density at radius 2 is 2.25 bits per heavy atom. The molecule has 0 aliphatic carbocycles. The van der Waals surface area contributed by atoms with E-state index in [1.54, 1.807) is 0 Å². The zero-order valence-corrected chi connectivity index (χ0v) is 13.1. The molecule has 1 saturated heterocycles. The van der Waals surface area contributed by atoms with E-state index in [4.69, 9.17) is 4.74 Å². The third kappa shape index (κ3) is 3.41.